The number of benzene rings is 2. The molecule has 1 unspecified atom stereocenters. The zero-order valence-electron chi connectivity index (χ0n) is 22.1. The van der Waals surface area contributed by atoms with Crippen molar-refractivity contribution in [3.63, 3.8) is 0 Å². The Morgan fingerprint density at radius 1 is 1.03 bits per heavy atom. The maximum absolute atomic E-state index is 14.0. The molecule has 0 aliphatic carbocycles. The molecule has 0 radical (unpaired) electrons. The van der Waals surface area contributed by atoms with Crippen LogP contribution < -0.4 is 0 Å². The molecule has 0 spiro atoms. The molecule has 39 heavy (non-hydrogen) atoms. The van der Waals surface area contributed by atoms with Gasteiger partial charge in [0.1, 0.15) is 11.6 Å². The lowest BCUT2D eigenvalue weighted by molar-refractivity contribution is -0.154. The van der Waals surface area contributed by atoms with E-state index in [-0.39, 0.29) is 12.3 Å². The van der Waals surface area contributed by atoms with Gasteiger partial charge in [0.2, 0.25) is 5.60 Å². The predicted molar refractivity (Wildman–Crippen MR) is 141 cm³/mol. The Bertz CT molecular complexity index is 1430. The lowest BCUT2D eigenvalue weighted by Gasteiger charge is -2.36. The molecule has 2 aliphatic rings. The standard InChI is InChI=1S/C29H29F2N5O3/c1-18-7-8-19(24-15-29(2,39-34-24)28(38)36-11-9-35(3)10-12-36)13-21(18)25-17-32-20(16-33-25)14-26(37)27-22(30)5-4-6-23(27)31/h4-8,13,16-17H,9-12,14-15H2,1-3H3. The Morgan fingerprint density at radius 3 is 2.41 bits per heavy atom. The number of aromatic nitrogens is 2. The van der Waals surface area contributed by atoms with Gasteiger partial charge in [0, 0.05) is 49.9 Å². The van der Waals surface area contributed by atoms with E-state index in [2.05, 4.69) is 20.0 Å². The van der Waals surface area contributed by atoms with Crippen LogP contribution in [-0.4, -0.2) is 76.0 Å². The molecule has 5 rings (SSSR count). The summed E-state index contributed by atoms with van der Waals surface area (Å²) in [5, 5.41) is 4.27. The van der Waals surface area contributed by atoms with Gasteiger partial charge >= 0.3 is 0 Å². The number of carbonyl (C=O) groups is 2. The zero-order valence-corrected chi connectivity index (χ0v) is 22.1. The monoisotopic (exact) mass is 533 g/mol. The van der Waals surface area contributed by atoms with Gasteiger partial charge in [-0.25, -0.2) is 8.78 Å². The van der Waals surface area contributed by atoms with E-state index in [0.717, 1.165) is 41.9 Å². The van der Waals surface area contributed by atoms with Crippen molar-refractivity contribution in [2.75, 3.05) is 33.2 Å². The molecule has 1 aromatic heterocycles. The van der Waals surface area contributed by atoms with Gasteiger partial charge in [-0.1, -0.05) is 23.4 Å². The minimum atomic E-state index is -1.05. The van der Waals surface area contributed by atoms with E-state index in [1.807, 2.05) is 37.1 Å². The van der Waals surface area contributed by atoms with E-state index in [9.17, 15) is 18.4 Å². The highest BCUT2D eigenvalue weighted by atomic mass is 19.1. The van der Waals surface area contributed by atoms with Crippen molar-refractivity contribution in [1.82, 2.24) is 19.8 Å². The lowest BCUT2D eigenvalue weighted by Crippen LogP contribution is -2.54. The Morgan fingerprint density at radius 2 is 1.74 bits per heavy atom. The number of aryl methyl sites for hydroxylation is 1. The van der Waals surface area contributed by atoms with Crippen molar-refractivity contribution in [3.05, 3.63) is 82.8 Å². The van der Waals surface area contributed by atoms with E-state index in [4.69, 9.17) is 4.84 Å². The molecule has 1 atom stereocenters. The second kappa shape index (κ2) is 10.6. The normalized spacial score (nSPS) is 19.5. The smallest absolute Gasteiger partial charge is 0.269 e. The third-order valence-electron chi connectivity index (χ3n) is 7.24. The fourth-order valence-corrected chi connectivity index (χ4v) is 4.83. The van der Waals surface area contributed by atoms with Gasteiger partial charge in [0.15, 0.2) is 5.78 Å². The van der Waals surface area contributed by atoms with Crippen LogP contribution in [0.3, 0.4) is 0 Å². The molecule has 1 saturated heterocycles. The first-order chi connectivity index (χ1) is 18.6. The van der Waals surface area contributed by atoms with E-state index >= 15 is 0 Å². The van der Waals surface area contributed by atoms with Gasteiger partial charge in [-0.05, 0) is 44.7 Å². The molecule has 3 aromatic rings. The van der Waals surface area contributed by atoms with Crippen LogP contribution in [0.5, 0.6) is 0 Å². The first-order valence-electron chi connectivity index (χ1n) is 12.8. The molecule has 2 aromatic carbocycles. The summed E-state index contributed by atoms with van der Waals surface area (Å²) in [7, 11) is 2.04. The highest BCUT2D eigenvalue weighted by Crippen LogP contribution is 2.31. The van der Waals surface area contributed by atoms with Crippen LogP contribution in [0, 0.1) is 18.6 Å². The Labute approximate surface area is 225 Å². The van der Waals surface area contributed by atoms with Crippen LogP contribution in [0.25, 0.3) is 11.3 Å². The molecular weight excluding hydrogens is 504 g/mol. The first kappa shape index (κ1) is 26.6. The fourth-order valence-electron chi connectivity index (χ4n) is 4.83. The van der Waals surface area contributed by atoms with Crippen LogP contribution in [0.1, 0.15) is 40.5 Å². The second-order valence-corrected chi connectivity index (χ2v) is 10.3. The SMILES string of the molecule is Cc1ccc(C2=NOC(C)(C(=O)N3CCN(C)CC3)C2)cc1-c1cnc(CC(=O)c2c(F)cccc2F)cn1. The number of rotatable bonds is 6. The number of Topliss-reactive ketones (excluding diaryl/α,β-unsaturated/α-hetero) is 1. The molecule has 10 heteroatoms. The van der Waals surface area contributed by atoms with E-state index in [0.29, 0.717) is 36.6 Å². The van der Waals surface area contributed by atoms with Crippen molar-refractivity contribution in [1.29, 1.82) is 0 Å². The molecule has 202 valence electrons. The van der Waals surface area contributed by atoms with Gasteiger partial charge in [-0.15, -0.1) is 0 Å². The predicted octanol–water partition coefficient (Wildman–Crippen LogP) is 3.81. The summed E-state index contributed by atoms with van der Waals surface area (Å²) < 4.78 is 27.9. The molecule has 3 heterocycles. The quantitative estimate of drug-likeness (QED) is 0.448. The van der Waals surface area contributed by atoms with Crippen LogP contribution in [0.4, 0.5) is 8.78 Å². The van der Waals surface area contributed by atoms with E-state index in [1.165, 1.54) is 18.5 Å². The number of oxime groups is 1. The number of amides is 1. The molecule has 1 fully saturated rings. The molecule has 1 amide bonds. The summed E-state index contributed by atoms with van der Waals surface area (Å²) in [6.07, 6.45) is 3.03. The highest BCUT2D eigenvalue weighted by molar-refractivity contribution is 6.06. The van der Waals surface area contributed by atoms with E-state index in [1.54, 1.807) is 6.92 Å². The Balaban J connectivity index is 1.30. The topological polar surface area (TPSA) is 88.0 Å². The number of nitrogens with zero attached hydrogens (tertiary/aromatic N) is 5. The van der Waals surface area contributed by atoms with Crippen molar-refractivity contribution < 1.29 is 23.2 Å². The average Bonchev–Trinajstić information content (AvgIpc) is 3.32. The summed E-state index contributed by atoms with van der Waals surface area (Å²) >= 11 is 0. The largest absolute Gasteiger partial charge is 0.379 e. The van der Waals surface area contributed by atoms with Gasteiger partial charge in [0.05, 0.1) is 35.3 Å². The van der Waals surface area contributed by atoms with Crippen molar-refractivity contribution in [2.45, 2.75) is 32.3 Å². The molecule has 0 N–H and O–H groups in total. The summed E-state index contributed by atoms with van der Waals surface area (Å²) in [4.78, 5) is 44.2. The van der Waals surface area contributed by atoms with Crippen molar-refractivity contribution >= 4 is 17.4 Å². The maximum Gasteiger partial charge on any atom is 0.269 e. The molecule has 0 bridgehead atoms. The zero-order chi connectivity index (χ0) is 27.7. The number of hydrogen-bond donors (Lipinski definition) is 0. The third-order valence-corrected chi connectivity index (χ3v) is 7.24. The van der Waals surface area contributed by atoms with Crippen LogP contribution in [0.15, 0.2) is 53.9 Å². The van der Waals surface area contributed by atoms with Gasteiger partial charge in [-0.3, -0.25) is 19.6 Å². The van der Waals surface area contributed by atoms with Crippen molar-refractivity contribution in [2.24, 2.45) is 5.16 Å². The minimum absolute atomic E-state index is 0.0621. The Hall–Kier alpha value is -4.05. The summed E-state index contributed by atoms with van der Waals surface area (Å²) in [5.74, 6) is -2.58. The number of carbonyl (C=O) groups excluding carboxylic acids is 2. The summed E-state index contributed by atoms with van der Waals surface area (Å²) in [6, 6.07) is 9.09. The number of likely N-dealkylation sites (N-methyl/N-ethyl adjacent to an activating group) is 1. The van der Waals surface area contributed by atoms with E-state index < -0.39 is 28.6 Å². The van der Waals surface area contributed by atoms with Crippen LogP contribution >= 0.6 is 0 Å². The molecular formula is C29H29F2N5O3. The molecule has 2 aliphatic heterocycles. The number of hydrogen-bond acceptors (Lipinski definition) is 7. The molecule has 8 nitrogen and oxygen atoms in total. The first-order valence-corrected chi connectivity index (χ1v) is 12.8. The number of piperazine rings is 1. The summed E-state index contributed by atoms with van der Waals surface area (Å²) in [5.41, 5.74) is 2.46. The molecule has 0 saturated carbocycles. The van der Waals surface area contributed by atoms with Gasteiger partial charge < -0.3 is 14.6 Å². The van der Waals surface area contributed by atoms with Crippen LogP contribution in [-0.2, 0) is 16.1 Å². The maximum atomic E-state index is 14.0. The number of ketones is 1. The highest BCUT2D eigenvalue weighted by Gasteiger charge is 2.45. The number of halogens is 2. The van der Waals surface area contributed by atoms with Gasteiger partial charge in [-0.2, -0.15) is 0 Å². The van der Waals surface area contributed by atoms with Crippen LogP contribution in [0.2, 0.25) is 0 Å². The fraction of sp³-hybridized carbons (Fsp3) is 0.345. The average molecular weight is 534 g/mol. The minimum Gasteiger partial charge on any atom is -0.379 e. The summed E-state index contributed by atoms with van der Waals surface area (Å²) in [6.45, 7) is 6.68. The lowest BCUT2D eigenvalue weighted by atomic mass is 9.92. The Kier molecular flexibility index (Phi) is 7.22. The van der Waals surface area contributed by atoms with Gasteiger partial charge in [0.25, 0.3) is 5.91 Å². The van der Waals surface area contributed by atoms with Crippen molar-refractivity contribution in [3.8, 4) is 11.3 Å². The second-order valence-electron chi connectivity index (χ2n) is 10.3. The third kappa shape index (κ3) is 5.42.